The molecule has 0 aliphatic carbocycles. The van der Waals surface area contributed by atoms with Crippen LogP contribution in [0, 0.1) is 5.92 Å². The summed E-state index contributed by atoms with van der Waals surface area (Å²) < 4.78 is 6.54. The van der Waals surface area contributed by atoms with Crippen LogP contribution in [0.25, 0.3) is 5.76 Å². The minimum atomic E-state index is -0.826. The third kappa shape index (κ3) is 4.68. The Labute approximate surface area is 200 Å². The largest absolute Gasteiger partial charge is 0.507 e. The van der Waals surface area contributed by atoms with E-state index in [2.05, 4.69) is 20.9 Å². The first kappa shape index (κ1) is 22.7. The molecule has 3 aromatic rings. The van der Waals surface area contributed by atoms with E-state index in [1.165, 1.54) is 4.90 Å². The number of ether oxygens (including phenoxy) is 1. The Hall–Kier alpha value is -3.45. The van der Waals surface area contributed by atoms with E-state index >= 15 is 0 Å². The first-order valence-corrected chi connectivity index (χ1v) is 11.4. The van der Waals surface area contributed by atoms with Crippen molar-refractivity contribution in [2.75, 3.05) is 11.5 Å². The highest BCUT2D eigenvalue weighted by Crippen LogP contribution is 2.42. The van der Waals surface area contributed by atoms with Gasteiger partial charge in [0.1, 0.15) is 11.5 Å². The highest BCUT2D eigenvalue weighted by atomic mass is 79.9. The molecule has 4 rings (SSSR count). The summed E-state index contributed by atoms with van der Waals surface area (Å²) in [6, 6.07) is 16.7. The van der Waals surface area contributed by atoms with Gasteiger partial charge in [-0.05, 0) is 47.9 Å². The van der Waals surface area contributed by atoms with E-state index in [0.29, 0.717) is 35.1 Å². The topological polar surface area (TPSA) is 79.7 Å². The lowest BCUT2D eigenvalue weighted by molar-refractivity contribution is -0.132. The molecule has 168 valence electrons. The van der Waals surface area contributed by atoms with E-state index < -0.39 is 17.7 Å². The number of benzene rings is 2. The van der Waals surface area contributed by atoms with Crippen LogP contribution in [-0.4, -0.2) is 28.4 Å². The van der Waals surface area contributed by atoms with Gasteiger partial charge in [0.15, 0.2) is 0 Å². The summed E-state index contributed by atoms with van der Waals surface area (Å²) >= 11 is 3.42. The number of carbonyl (C=O) groups is 2. The zero-order chi connectivity index (χ0) is 23.5. The van der Waals surface area contributed by atoms with E-state index in [0.717, 1.165) is 4.47 Å². The van der Waals surface area contributed by atoms with Crippen LogP contribution in [0.5, 0.6) is 5.75 Å². The van der Waals surface area contributed by atoms with Crippen molar-refractivity contribution in [2.45, 2.75) is 19.9 Å². The van der Waals surface area contributed by atoms with Gasteiger partial charge in [0.25, 0.3) is 11.7 Å². The molecule has 1 aromatic heterocycles. The van der Waals surface area contributed by atoms with Crippen LogP contribution in [-0.2, 0) is 9.59 Å². The molecule has 1 aliphatic heterocycles. The number of rotatable bonds is 6. The number of hydrogen-bond donors (Lipinski definition) is 1. The standard InChI is InChI=1S/C26H23BrN2O4/c1-16(2)15-33-21-10-3-6-17(12-21)24(30)22-23(18-7-5-11-28-14-18)29(26(32)25(22)31)20-9-4-8-19(27)13-20/h3-14,16,23,30H,15H2,1-2H3/b24-22+. The molecule has 1 unspecified atom stereocenters. The molecule has 0 bridgehead atoms. The SMILES string of the molecule is CC(C)COc1cccc(/C(O)=C2\C(=O)C(=O)N(c3cccc(Br)c3)C2c2cccnc2)c1. The van der Waals surface area contributed by atoms with Crippen molar-refractivity contribution in [1.82, 2.24) is 4.98 Å². The number of aliphatic hydroxyl groups is 1. The minimum Gasteiger partial charge on any atom is -0.507 e. The van der Waals surface area contributed by atoms with E-state index in [9.17, 15) is 14.7 Å². The second-order valence-electron chi connectivity index (χ2n) is 8.17. The number of aliphatic hydroxyl groups excluding tert-OH is 1. The molecule has 1 aliphatic rings. The molecule has 7 heteroatoms. The molecule has 2 aromatic carbocycles. The molecule has 1 fully saturated rings. The molecular formula is C26H23BrN2O4. The predicted octanol–water partition coefficient (Wildman–Crippen LogP) is 5.51. The maximum Gasteiger partial charge on any atom is 0.300 e. The van der Waals surface area contributed by atoms with Crippen molar-refractivity contribution < 1.29 is 19.4 Å². The average Bonchev–Trinajstić information content (AvgIpc) is 3.08. The van der Waals surface area contributed by atoms with Gasteiger partial charge in [-0.3, -0.25) is 19.5 Å². The number of Topliss-reactive ketones (excluding diaryl/α,β-unsaturated/α-hetero) is 1. The lowest BCUT2D eigenvalue weighted by atomic mass is 9.96. The molecule has 6 nitrogen and oxygen atoms in total. The van der Waals surface area contributed by atoms with Crippen molar-refractivity contribution in [3.8, 4) is 5.75 Å². The van der Waals surface area contributed by atoms with Gasteiger partial charge in [0.2, 0.25) is 0 Å². The number of anilines is 1. The fourth-order valence-corrected chi connectivity index (χ4v) is 4.12. The van der Waals surface area contributed by atoms with Crippen molar-refractivity contribution in [3.05, 3.63) is 94.2 Å². The van der Waals surface area contributed by atoms with Gasteiger partial charge in [-0.15, -0.1) is 0 Å². The van der Waals surface area contributed by atoms with Crippen LogP contribution in [0.2, 0.25) is 0 Å². The van der Waals surface area contributed by atoms with Crippen LogP contribution in [0.1, 0.15) is 31.0 Å². The molecule has 1 amide bonds. The molecule has 0 spiro atoms. The summed E-state index contributed by atoms with van der Waals surface area (Å²) in [5, 5.41) is 11.3. The summed E-state index contributed by atoms with van der Waals surface area (Å²) in [6.07, 6.45) is 3.21. The number of halogens is 1. The van der Waals surface area contributed by atoms with Gasteiger partial charge >= 0.3 is 0 Å². The number of nitrogens with zero attached hydrogens (tertiary/aromatic N) is 2. The first-order chi connectivity index (χ1) is 15.9. The third-order valence-corrected chi connectivity index (χ3v) is 5.72. The number of pyridine rings is 1. The fraction of sp³-hybridized carbons (Fsp3) is 0.192. The number of amides is 1. The summed E-state index contributed by atoms with van der Waals surface area (Å²) in [5.41, 5.74) is 1.56. The second kappa shape index (κ2) is 9.58. The maximum atomic E-state index is 13.2. The quantitative estimate of drug-likeness (QED) is 0.271. The van der Waals surface area contributed by atoms with Crippen LogP contribution >= 0.6 is 15.9 Å². The smallest absolute Gasteiger partial charge is 0.300 e. The molecule has 33 heavy (non-hydrogen) atoms. The second-order valence-corrected chi connectivity index (χ2v) is 9.08. The molecule has 0 radical (unpaired) electrons. The van der Waals surface area contributed by atoms with Gasteiger partial charge in [-0.25, -0.2) is 0 Å². The molecule has 0 saturated carbocycles. The molecule has 2 heterocycles. The minimum absolute atomic E-state index is 0.00832. The molecule has 1 N–H and O–H groups in total. The molecular weight excluding hydrogens is 484 g/mol. The molecule has 1 atom stereocenters. The lowest BCUT2D eigenvalue weighted by Gasteiger charge is -2.25. The number of carbonyl (C=O) groups excluding carboxylic acids is 2. The molecule has 1 saturated heterocycles. The third-order valence-electron chi connectivity index (χ3n) is 5.22. The lowest BCUT2D eigenvalue weighted by Crippen LogP contribution is -2.29. The van der Waals surface area contributed by atoms with Gasteiger partial charge in [0.05, 0.1) is 18.2 Å². The Morgan fingerprint density at radius 2 is 1.91 bits per heavy atom. The van der Waals surface area contributed by atoms with Gasteiger partial charge < -0.3 is 9.84 Å². The Bertz CT molecular complexity index is 1220. The first-order valence-electron chi connectivity index (χ1n) is 10.6. The Morgan fingerprint density at radius 3 is 2.61 bits per heavy atom. The maximum absolute atomic E-state index is 13.2. The van der Waals surface area contributed by atoms with Crippen LogP contribution in [0.15, 0.2) is 83.1 Å². The van der Waals surface area contributed by atoms with E-state index in [1.807, 2.05) is 19.9 Å². The van der Waals surface area contributed by atoms with Crippen LogP contribution < -0.4 is 9.64 Å². The average molecular weight is 507 g/mol. The van der Waals surface area contributed by atoms with E-state index in [-0.39, 0.29) is 11.3 Å². The Morgan fingerprint density at radius 1 is 1.12 bits per heavy atom. The fourth-order valence-electron chi connectivity index (χ4n) is 3.73. The highest BCUT2D eigenvalue weighted by Gasteiger charge is 2.47. The van der Waals surface area contributed by atoms with Crippen LogP contribution in [0.3, 0.4) is 0 Å². The number of ketones is 1. The summed E-state index contributed by atoms with van der Waals surface area (Å²) in [4.78, 5) is 31.9. The van der Waals surface area contributed by atoms with Crippen molar-refractivity contribution in [1.29, 1.82) is 0 Å². The van der Waals surface area contributed by atoms with Gasteiger partial charge in [-0.1, -0.05) is 54.0 Å². The summed E-state index contributed by atoms with van der Waals surface area (Å²) in [7, 11) is 0. The monoisotopic (exact) mass is 506 g/mol. The van der Waals surface area contributed by atoms with Crippen molar-refractivity contribution >= 4 is 39.1 Å². The van der Waals surface area contributed by atoms with Crippen molar-refractivity contribution in [3.63, 3.8) is 0 Å². The number of aromatic nitrogens is 1. The van der Waals surface area contributed by atoms with Gasteiger partial charge in [0, 0.05) is 28.1 Å². The Kier molecular flexibility index (Phi) is 6.60. The van der Waals surface area contributed by atoms with Gasteiger partial charge in [-0.2, -0.15) is 0 Å². The summed E-state index contributed by atoms with van der Waals surface area (Å²) in [6.45, 7) is 4.61. The summed E-state index contributed by atoms with van der Waals surface area (Å²) in [5.74, 6) is -0.810. The normalized spacial score (nSPS) is 17.6. The van der Waals surface area contributed by atoms with E-state index in [4.69, 9.17) is 4.74 Å². The predicted molar refractivity (Wildman–Crippen MR) is 130 cm³/mol. The van der Waals surface area contributed by atoms with Crippen LogP contribution in [0.4, 0.5) is 5.69 Å². The van der Waals surface area contributed by atoms with Crippen molar-refractivity contribution in [2.24, 2.45) is 5.92 Å². The zero-order valence-electron chi connectivity index (χ0n) is 18.2. The highest BCUT2D eigenvalue weighted by molar-refractivity contribution is 9.10. The van der Waals surface area contributed by atoms with E-state index in [1.54, 1.807) is 67.0 Å². The zero-order valence-corrected chi connectivity index (χ0v) is 19.8. The number of hydrogen-bond acceptors (Lipinski definition) is 5. The Balaban J connectivity index is 1.85.